The van der Waals surface area contributed by atoms with Gasteiger partial charge in [0.15, 0.2) is 0 Å². The Kier molecular flexibility index (Phi) is 25.3. The summed E-state index contributed by atoms with van der Waals surface area (Å²) in [6.45, 7) is 7.89. The van der Waals surface area contributed by atoms with E-state index < -0.39 is 28.0 Å². The first kappa shape index (κ1) is 52.4. The molecule has 0 bridgehead atoms. The van der Waals surface area contributed by atoms with Crippen molar-refractivity contribution >= 4 is 33.9 Å². The lowest BCUT2D eigenvalue weighted by molar-refractivity contribution is -0.123. The van der Waals surface area contributed by atoms with E-state index in [9.17, 15) is 32.6 Å². The number of amides is 2. The van der Waals surface area contributed by atoms with Crippen LogP contribution in [-0.4, -0.2) is 104 Å². The lowest BCUT2D eigenvalue weighted by atomic mass is 9.97. The summed E-state index contributed by atoms with van der Waals surface area (Å²) in [4.78, 5) is 35.8. The van der Waals surface area contributed by atoms with E-state index in [4.69, 9.17) is 0 Å². The second-order valence-electron chi connectivity index (χ2n) is 15.2. The van der Waals surface area contributed by atoms with E-state index in [1.165, 1.54) is 37.4 Å². The Morgan fingerprint density at radius 1 is 0.820 bits per heavy atom. The maximum Gasteiger partial charge on any atom is 0.239 e. The third kappa shape index (κ3) is 22.6. The Morgan fingerprint density at radius 2 is 1.36 bits per heavy atom. The third-order valence-electron chi connectivity index (χ3n) is 9.39. The Balaban J connectivity index is 1.70. The largest absolute Gasteiger partial charge is 0.392 e. The van der Waals surface area contributed by atoms with Crippen molar-refractivity contribution in [3.8, 4) is 11.3 Å². The van der Waals surface area contributed by atoms with Crippen LogP contribution in [0.15, 0.2) is 91.1 Å². The van der Waals surface area contributed by atoms with Gasteiger partial charge in [-0.15, -0.1) is 0 Å². The van der Waals surface area contributed by atoms with Gasteiger partial charge < -0.3 is 25.7 Å². The molecule has 4 N–H and O–H groups in total. The number of halogens is 1. The minimum Gasteiger partial charge on any atom is -0.392 e. The Labute approximate surface area is 364 Å². The van der Waals surface area contributed by atoms with E-state index in [2.05, 4.69) is 88.3 Å². The molecule has 1 heterocycles. The zero-order valence-electron chi connectivity index (χ0n) is 37.0. The van der Waals surface area contributed by atoms with Crippen molar-refractivity contribution in [3.63, 3.8) is 0 Å². The van der Waals surface area contributed by atoms with Gasteiger partial charge in [0, 0.05) is 57.2 Å². The fourth-order valence-electron chi connectivity index (χ4n) is 5.85. The molecular weight excluding hydrogens is 796 g/mol. The van der Waals surface area contributed by atoms with Crippen molar-refractivity contribution < 1.29 is 32.6 Å². The van der Waals surface area contributed by atoms with Crippen molar-refractivity contribution in [1.29, 1.82) is 0 Å². The van der Waals surface area contributed by atoms with Crippen LogP contribution in [0, 0.1) is 5.82 Å². The van der Waals surface area contributed by atoms with Gasteiger partial charge in [0.2, 0.25) is 27.8 Å². The van der Waals surface area contributed by atoms with Gasteiger partial charge in [-0.05, 0) is 82.2 Å². The molecule has 0 radical (unpaired) electrons. The summed E-state index contributed by atoms with van der Waals surface area (Å²) in [5.41, 5.74) is 1.86. The lowest BCUT2D eigenvalue weighted by Gasteiger charge is -2.20. The molecule has 2 aromatic rings. The molecule has 1 aromatic heterocycles. The summed E-state index contributed by atoms with van der Waals surface area (Å²) in [5, 5.41) is 27.1. The summed E-state index contributed by atoms with van der Waals surface area (Å²) in [6.07, 6.45) is 30.1. The smallest absolute Gasteiger partial charge is 0.239 e. The highest BCUT2D eigenvalue weighted by Crippen LogP contribution is 2.32. The highest BCUT2D eigenvalue weighted by molar-refractivity contribution is 7.92. The number of likely N-dealkylation sites (N-methyl/N-ethyl adjacent to an activating group) is 1. The summed E-state index contributed by atoms with van der Waals surface area (Å²) < 4.78 is 39.4. The SMILES string of the molecule is CCC=CCC=CCC=CCC=CCC=CCCCC(=O)NCCN(C)CCNC(=O)C[C@H](O)C[C@H](O)/C=C/c1c(-c2ccc(F)cc2)nc(N(C)S(C)(=O)=O)nc1C(C)C. The highest BCUT2D eigenvalue weighted by atomic mass is 32.2. The van der Waals surface area contributed by atoms with Crippen molar-refractivity contribution in [1.82, 2.24) is 25.5 Å². The van der Waals surface area contributed by atoms with E-state index in [1.54, 1.807) is 6.08 Å². The normalized spacial score (nSPS) is 13.6. The van der Waals surface area contributed by atoms with Crippen LogP contribution in [0.25, 0.3) is 17.3 Å². The van der Waals surface area contributed by atoms with Crippen molar-refractivity contribution in [3.05, 3.63) is 108 Å². The zero-order valence-corrected chi connectivity index (χ0v) is 37.8. The number of aliphatic hydroxyl groups is 2. The molecule has 0 saturated heterocycles. The average Bonchev–Trinajstić information content (AvgIpc) is 3.20. The molecule has 14 heteroatoms. The number of rotatable bonds is 29. The number of anilines is 1. The van der Waals surface area contributed by atoms with Gasteiger partial charge in [-0.3, -0.25) is 9.59 Å². The number of unbranched alkanes of at least 4 members (excludes halogenated alkanes) is 1. The van der Waals surface area contributed by atoms with Crippen LogP contribution in [-0.2, 0) is 19.6 Å². The molecule has 0 aliphatic heterocycles. The average molecular weight is 865 g/mol. The summed E-state index contributed by atoms with van der Waals surface area (Å²) >= 11 is 0. The van der Waals surface area contributed by atoms with E-state index >= 15 is 0 Å². The molecule has 0 aliphatic rings. The maximum absolute atomic E-state index is 13.8. The summed E-state index contributed by atoms with van der Waals surface area (Å²) in [5.74, 6) is -1.04. The molecule has 0 fully saturated rings. The number of aromatic nitrogens is 2. The van der Waals surface area contributed by atoms with E-state index in [1.807, 2.05) is 25.8 Å². The molecule has 12 nitrogen and oxygen atoms in total. The number of allylic oxidation sites excluding steroid dienone is 10. The van der Waals surface area contributed by atoms with Crippen LogP contribution >= 0.6 is 0 Å². The van der Waals surface area contributed by atoms with E-state index in [0.29, 0.717) is 55.1 Å². The molecule has 336 valence electrons. The van der Waals surface area contributed by atoms with Crippen LogP contribution in [0.1, 0.15) is 102 Å². The van der Waals surface area contributed by atoms with Gasteiger partial charge in [-0.25, -0.2) is 27.1 Å². The minimum absolute atomic E-state index is 0.0115. The molecule has 0 saturated carbocycles. The number of sulfonamides is 1. The number of benzene rings is 1. The highest BCUT2D eigenvalue weighted by Gasteiger charge is 2.23. The van der Waals surface area contributed by atoms with E-state index in [-0.39, 0.29) is 36.5 Å². The van der Waals surface area contributed by atoms with Crippen molar-refractivity contribution in [2.24, 2.45) is 0 Å². The fraction of sp³-hybridized carbons (Fsp3) is 0.489. The molecule has 2 rings (SSSR count). The van der Waals surface area contributed by atoms with Crippen molar-refractivity contribution in [2.45, 2.75) is 103 Å². The summed E-state index contributed by atoms with van der Waals surface area (Å²) in [7, 11) is -0.446. The van der Waals surface area contributed by atoms with Gasteiger partial charge in [0.1, 0.15) is 5.82 Å². The zero-order chi connectivity index (χ0) is 45.0. The molecule has 0 spiro atoms. The topological polar surface area (TPSA) is 165 Å². The van der Waals surface area contributed by atoms with Gasteiger partial charge >= 0.3 is 0 Å². The van der Waals surface area contributed by atoms with Crippen LogP contribution in [0.2, 0.25) is 0 Å². The Bertz CT molecular complexity index is 1910. The van der Waals surface area contributed by atoms with Gasteiger partial charge in [-0.2, -0.15) is 0 Å². The van der Waals surface area contributed by atoms with Crippen LogP contribution in [0.5, 0.6) is 0 Å². The molecular formula is C47H69FN6O6S. The van der Waals surface area contributed by atoms with Crippen molar-refractivity contribution in [2.75, 3.05) is 50.8 Å². The second kappa shape index (κ2) is 29.5. The monoisotopic (exact) mass is 864 g/mol. The number of hydrogen-bond acceptors (Lipinski definition) is 9. The number of nitrogens with zero attached hydrogens (tertiary/aromatic N) is 4. The maximum atomic E-state index is 13.8. The molecule has 61 heavy (non-hydrogen) atoms. The quantitative estimate of drug-likeness (QED) is 0.0482. The molecule has 2 amide bonds. The van der Waals surface area contributed by atoms with Gasteiger partial charge in [0.05, 0.1) is 36.3 Å². The van der Waals surface area contributed by atoms with Crippen LogP contribution in [0.3, 0.4) is 0 Å². The fourth-order valence-corrected chi connectivity index (χ4v) is 6.23. The number of hydrogen-bond donors (Lipinski definition) is 4. The first-order valence-electron chi connectivity index (χ1n) is 21.2. The van der Waals surface area contributed by atoms with Crippen LogP contribution < -0.4 is 14.9 Å². The second-order valence-corrected chi connectivity index (χ2v) is 17.2. The summed E-state index contributed by atoms with van der Waals surface area (Å²) in [6, 6.07) is 5.59. The van der Waals surface area contributed by atoms with Crippen LogP contribution in [0.4, 0.5) is 10.3 Å². The number of nitrogens with one attached hydrogen (secondary N) is 2. The number of carbonyl (C=O) groups is 2. The van der Waals surface area contributed by atoms with Gasteiger partial charge in [-0.1, -0.05) is 93.7 Å². The predicted octanol–water partition coefficient (Wildman–Crippen LogP) is 7.40. The third-order valence-corrected chi connectivity index (χ3v) is 10.5. The lowest BCUT2D eigenvalue weighted by Crippen LogP contribution is -2.38. The molecule has 1 aromatic carbocycles. The number of aliphatic hydroxyl groups excluding tert-OH is 2. The molecule has 0 aliphatic carbocycles. The van der Waals surface area contributed by atoms with Gasteiger partial charge in [0.25, 0.3) is 0 Å². The van der Waals surface area contributed by atoms with E-state index in [0.717, 1.165) is 55.5 Å². The standard InChI is InChI=1S/C47H69FN6O6S/c1-7-8-9-10-11-12-13-14-15-16-17-18-19-20-21-22-23-24-43(57)49-31-33-53(4)34-32-50-44(58)36-41(56)35-40(55)29-30-42-45(37(2)3)51-47(54(5)61(6,59)60)52-46(42)38-25-27-39(48)28-26-38/h8-9,11-12,14-15,17-18,20-21,25-30,37,40-41,55-56H,7,10,13,16,19,22-24,31-36H2,1-6H3,(H,49,57)(H,50,58)/b9-8?,12-11?,15-14?,18-17?,21-20?,30-29+/t40-,41-/m1/s1. The first-order chi connectivity index (χ1) is 29.1. The minimum atomic E-state index is -3.69. The Hall–Kier alpha value is -4.76. The molecule has 2 atom stereocenters. The predicted molar refractivity (Wildman–Crippen MR) is 247 cm³/mol. The Morgan fingerprint density at radius 3 is 1.90 bits per heavy atom. The first-order valence-corrected chi connectivity index (χ1v) is 23.1. The molecule has 0 unspecified atom stereocenters. The number of carbonyl (C=O) groups excluding carboxylic acids is 2.